The summed E-state index contributed by atoms with van der Waals surface area (Å²) < 4.78 is 15.1. The van der Waals surface area contributed by atoms with Gasteiger partial charge >= 0.3 is 0 Å². The molecule has 5 aromatic heterocycles. The van der Waals surface area contributed by atoms with E-state index in [-0.39, 0.29) is 27.1 Å². The van der Waals surface area contributed by atoms with Crippen LogP contribution in [0, 0.1) is 0 Å². The minimum atomic E-state index is -0.329. The third-order valence-electron chi connectivity index (χ3n) is 11.7. The lowest BCUT2D eigenvalue weighted by atomic mass is 10.0. The van der Waals surface area contributed by atoms with Crippen LogP contribution < -0.4 is 21.2 Å². The maximum absolute atomic E-state index is 14.6. The molecule has 282 valence electrons. The smallest absolute Gasteiger partial charge is 0.200 e. The lowest BCUT2D eigenvalue weighted by molar-refractivity contribution is 0.660. The maximum Gasteiger partial charge on any atom is 0.200 e. The Hall–Kier alpha value is -8.00. The van der Waals surface area contributed by atoms with Gasteiger partial charge in [-0.2, -0.15) is 0 Å². The molecule has 0 spiro atoms. The molecule has 0 radical (unpaired) electrons. The number of rotatable bonds is 5. The lowest BCUT2D eigenvalue weighted by Gasteiger charge is -2.25. The quantitative estimate of drug-likeness (QED) is 0.0977. The molecule has 0 atom stereocenters. The van der Waals surface area contributed by atoms with Crippen molar-refractivity contribution in [3.63, 3.8) is 0 Å². The normalized spacial score (nSPS) is 11.9. The van der Waals surface area contributed by atoms with E-state index in [1.807, 2.05) is 138 Å². The first-order chi connectivity index (χ1) is 29.5. The van der Waals surface area contributed by atoms with Crippen molar-refractivity contribution >= 4 is 114 Å². The summed E-state index contributed by atoms with van der Waals surface area (Å²) in [6.45, 7) is 0. The Morgan fingerprint density at radius 3 is 1.75 bits per heavy atom. The van der Waals surface area contributed by atoms with E-state index in [1.165, 1.54) is 12.4 Å². The predicted molar refractivity (Wildman–Crippen MR) is 244 cm³/mol. The third-order valence-corrected chi connectivity index (χ3v) is 11.9. The van der Waals surface area contributed by atoms with Gasteiger partial charge in [-0.3, -0.25) is 19.4 Å². The van der Waals surface area contributed by atoms with Gasteiger partial charge in [0.05, 0.1) is 54.8 Å². The highest BCUT2D eigenvalue weighted by Gasteiger charge is 2.23. The number of hydrogen-bond donors (Lipinski definition) is 0. The monoisotopic (exact) mass is 793 g/mol. The van der Waals surface area contributed by atoms with Crippen LogP contribution in [0.3, 0.4) is 0 Å². The van der Waals surface area contributed by atoms with Crippen molar-refractivity contribution in [3.05, 3.63) is 195 Å². The van der Waals surface area contributed by atoms with Crippen molar-refractivity contribution in [1.29, 1.82) is 0 Å². The molecule has 0 aliphatic carbocycles. The van der Waals surface area contributed by atoms with E-state index in [0.717, 1.165) is 50.2 Å². The van der Waals surface area contributed by atoms with Gasteiger partial charge < -0.3 is 18.3 Å². The van der Waals surface area contributed by atoms with E-state index in [2.05, 4.69) is 28.2 Å². The van der Waals surface area contributed by atoms with Crippen molar-refractivity contribution in [2.24, 2.45) is 4.74 Å². The largest absolute Gasteiger partial charge is 0.456 e. The van der Waals surface area contributed by atoms with Gasteiger partial charge in [0.25, 0.3) is 0 Å². The third kappa shape index (κ3) is 4.81. The summed E-state index contributed by atoms with van der Waals surface area (Å²) in [7, 11) is 3.33. The highest BCUT2D eigenvalue weighted by molar-refractivity contribution is 7.04. The van der Waals surface area contributed by atoms with Crippen molar-refractivity contribution in [2.45, 2.75) is 0 Å². The molecule has 0 unspecified atom stereocenters. The topological polar surface area (TPSA) is 102 Å². The molecule has 0 fully saturated rings. The zero-order valence-electron chi connectivity index (χ0n) is 31.5. The van der Waals surface area contributed by atoms with E-state index in [4.69, 9.17) is 4.42 Å². The summed E-state index contributed by atoms with van der Waals surface area (Å²) in [6.07, 6.45) is 3.02. The van der Waals surface area contributed by atoms with Gasteiger partial charge in [0.15, 0.2) is 10.9 Å². The number of hydrogen-bond acceptors (Lipinski definition) is 7. The summed E-state index contributed by atoms with van der Waals surface area (Å²) in [5.41, 5.74) is 7.57. The molecule has 10 heteroatoms. The molecule has 0 saturated heterocycles. The van der Waals surface area contributed by atoms with Crippen LogP contribution in [-0.2, 0) is 0 Å². The average Bonchev–Trinajstić information content (AvgIpc) is 3.61. The Morgan fingerprint density at radius 1 is 0.483 bits per heavy atom. The van der Waals surface area contributed by atoms with E-state index in [1.54, 1.807) is 18.2 Å². The van der Waals surface area contributed by atoms with Crippen LogP contribution >= 0.6 is 9.03 Å². The summed E-state index contributed by atoms with van der Waals surface area (Å²) in [5.74, 6) is 0. The molecular formula is C50H28N5O4P. The molecule has 0 aliphatic heterocycles. The van der Waals surface area contributed by atoms with Crippen molar-refractivity contribution in [2.75, 3.05) is 4.90 Å². The number of aromatic nitrogens is 3. The van der Waals surface area contributed by atoms with Crippen LogP contribution in [0.15, 0.2) is 188 Å². The van der Waals surface area contributed by atoms with Gasteiger partial charge in [0.2, 0.25) is 5.43 Å². The summed E-state index contributed by atoms with van der Waals surface area (Å²) >= 11 is 0. The first kappa shape index (κ1) is 34.1. The lowest BCUT2D eigenvalue weighted by Crippen LogP contribution is -2.15. The van der Waals surface area contributed by atoms with Crippen molar-refractivity contribution in [3.8, 4) is 5.69 Å². The minimum Gasteiger partial charge on any atom is -0.456 e. The first-order valence-corrected chi connectivity index (χ1v) is 19.8. The molecule has 12 rings (SSSR count). The van der Waals surface area contributed by atoms with Gasteiger partial charge in [-0.25, -0.2) is 4.74 Å². The fraction of sp³-hybridized carbons (Fsp3) is 0. The number of pyridine rings is 3. The van der Waals surface area contributed by atoms with Crippen LogP contribution in [0.2, 0.25) is 0 Å². The summed E-state index contributed by atoms with van der Waals surface area (Å²) in [6, 6.07) is 48.9. The van der Waals surface area contributed by atoms with E-state index >= 15 is 0 Å². The van der Waals surface area contributed by atoms with Crippen LogP contribution in [0.5, 0.6) is 0 Å². The standard InChI is InChI=1S/C50H28N5O4P/c56-48-33-18-17-32(53(29-10-4-1-5-11-29)30-12-6-2-7-13-30)21-45(33)59-46-25-44-36(22-38(46)48)49(57)39-26-51-27-40-47(39)55(44)43-23-35-34-20-28(52-60)16-19-41(34)54(31-14-8-3-9-15-31)42(35)24-37(43)50(40)58/h1-27,60H. The Balaban J connectivity index is 1.19. The second-order valence-electron chi connectivity index (χ2n) is 14.9. The van der Waals surface area contributed by atoms with Crippen molar-refractivity contribution < 1.29 is 4.42 Å². The number of benzene rings is 7. The van der Waals surface area contributed by atoms with E-state index < -0.39 is 0 Å². The Kier molecular flexibility index (Phi) is 7.24. The van der Waals surface area contributed by atoms with Crippen molar-refractivity contribution in [1.82, 2.24) is 14.0 Å². The number of nitrogens with zero attached hydrogens (tertiary/aromatic N) is 5. The number of anilines is 3. The van der Waals surface area contributed by atoms with Gasteiger partial charge in [-0.1, -0.05) is 54.6 Å². The van der Waals surface area contributed by atoms with Crippen LogP contribution in [0.1, 0.15) is 0 Å². The Morgan fingerprint density at radius 2 is 1.07 bits per heavy atom. The Bertz CT molecular complexity index is 3940. The molecule has 12 aromatic rings. The second-order valence-corrected chi connectivity index (χ2v) is 15.2. The van der Waals surface area contributed by atoms with Gasteiger partial charge in [0, 0.05) is 68.8 Å². The van der Waals surface area contributed by atoms with Gasteiger partial charge in [-0.05, 0) is 94.0 Å². The fourth-order valence-electron chi connectivity index (χ4n) is 9.01. The molecular weight excluding hydrogens is 766 g/mol. The highest BCUT2D eigenvalue weighted by Crippen LogP contribution is 2.39. The zero-order chi connectivity index (χ0) is 40.2. The summed E-state index contributed by atoms with van der Waals surface area (Å²) in [5, 5.41) is 3.84. The van der Waals surface area contributed by atoms with Gasteiger partial charge in [-0.15, -0.1) is 0 Å². The average molecular weight is 794 g/mol. The molecule has 5 heterocycles. The molecule has 7 aromatic carbocycles. The second kappa shape index (κ2) is 12.8. The minimum absolute atomic E-state index is 0.239. The number of para-hydroxylation sites is 3. The van der Waals surface area contributed by atoms with Crippen LogP contribution in [0.4, 0.5) is 22.7 Å². The molecule has 0 bridgehead atoms. The Labute approximate surface area is 340 Å². The first-order valence-electron chi connectivity index (χ1n) is 19.3. The molecule has 0 N–H and O–H groups in total. The zero-order valence-corrected chi connectivity index (χ0v) is 32.5. The van der Waals surface area contributed by atoms with Crippen LogP contribution in [-0.4, -0.2) is 14.0 Å². The SMILES string of the molecule is O=c1c2ccc(N(c3ccccc3)c3ccccc3)cc2oc2cc3c(cc12)c(=O)c1cncc2c(=O)c4cc5c(cc4n3c12)c1cc(N=P)ccc1n5-c1ccccc1. The van der Waals surface area contributed by atoms with E-state index in [0.29, 0.717) is 49.3 Å². The van der Waals surface area contributed by atoms with Crippen LogP contribution in [0.25, 0.3) is 87.5 Å². The fourth-order valence-corrected chi connectivity index (χ4v) is 9.15. The predicted octanol–water partition coefficient (Wildman–Crippen LogP) is 11.7. The number of fused-ring (bicyclic) bond motifs is 9. The van der Waals surface area contributed by atoms with Gasteiger partial charge in [0.1, 0.15) is 11.2 Å². The molecule has 9 nitrogen and oxygen atoms in total. The summed E-state index contributed by atoms with van der Waals surface area (Å²) in [4.78, 5) is 49.9. The maximum atomic E-state index is 14.6. The molecule has 60 heavy (non-hydrogen) atoms. The molecule has 0 amide bonds. The van der Waals surface area contributed by atoms with E-state index in [9.17, 15) is 14.4 Å². The molecule has 0 saturated carbocycles. The highest BCUT2D eigenvalue weighted by atomic mass is 31.0. The molecule has 0 aliphatic rings.